The Bertz CT molecular complexity index is 1660. The second-order valence-corrected chi connectivity index (χ2v) is 11.0. The van der Waals surface area contributed by atoms with Crippen LogP contribution in [0.25, 0.3) is 0 Å². The predicted octanol–water partition coefficient (Wildman–Crippen LogP) is 6.05. The Labute approximate surface area is 260 Å². The van der Waals surface area contributed by atoms with Crippen molar-refractivity contribution in [3.63, 3.8) is 0 Å². The molecular formula is C36H32O9. The third-order valence-electron chi connectivity index (χ3n) is 8.11. The molecule has 1 saturated heterocycles. The van der Waals surface area contributed by atoms with E-state index in [0.29, 0.717) is 0 Å². The first kappa shape index (κ1) is 31.2. The van der Waals surface area contributed by atoms with E-state index in [2.05, 4.69) is 0 Å². The first-order chi connectivity index (χ1) is 21.6. The van der Waals surface area contributed by atoms with Crippen LogP contribution in [0.2, 0.25) is 0 Å². The minimum Gasteiger partial charge on any atom is -0.459 e. The molecule has 0 amide bonds. The Kier molecular flexibility index (Phi) is 8.83. The van der Waals surface area contributed by atoms with Crippen LogP contribution in [0.3, 0.4) is 0 Å². The quantitative estimate of drug-likeness (QED) is 0.166. The SMILES string of the molecule is CC1(COC(=O)c2ccccc2)OC(OC(=O)c2ccccc2)C(C)(OC(=O)c2ccccc2)C1(C)OC(=O)c1ccccc1. The number of esters is 4. The highest BCUT2D eigenvalue weighted by atomic mass is 16.8. The lowest BCUT2D eigenvalue weighted by atomic mass is 9.75. The number of carbonyl (C=O) groups is 4. The van der Waals surface area contributed by atoms with E-state index in [0.717, 1.165) is 0 Å². The molecular weight excluding hydrogens is 576 g/mol. The third kappa shape index (κ3) is 6.21. The van der Waals surface area contributed by atoms with Crippen molar-refractivity contribution in [2.45, 2.75) is 43.9 Å². The highest BCUT2D eigenvalue weighted by Gasteiger charge is 2.75. The zero-order valence-corrected chi connectivity index (χ0v) is 25.0. The monoisotopic (exact) mass is 608 g/mol. The zero-order chi connectivity index (χ0) is 32.1. The Hall–Kier alpha value is -5.28. The number of carbonyl (C=O) groups excluding carboxylic acids is 4. The molecule has 1 aliphatic rings. The predicted molar refractivity (Wildman–Crippen MR) is 162 cm³/mol. The average Bonchev–Trinajstić information content (AvgIpc) is 3.22. The topological polar surface area (TPSA) is 114 Å². The van der Waals surface area contributed by atoms with Gasteiger partial charge in [-0.15, -0.1) is 0 Å². The van der Waals surface area contributed by atoms with Crippen molar-refractivity contribution < 1.29 is 42.9 Å². The lowest BCUT2D eigenvalue weighted by Crippen LogP contribution is -2.65. The number of rotatable bonds is 9. The molecule has 0 radical (unpaired) electrons. The van der Waals surface area contributed by atoms with Gasteiger partial charge in [0.15, 0.2) is 5.60 Å². The molecule has 9 nitrogen and oxygen atoms in total. The number of hydrogen-bond donors (Lipinski definition) is 0. The standard InChI is InChI=1S/C36H32O9/c1-34(24-41-29(37)25-16-8-4-9-17-25)36(3,44-32(40)28-22-14-7-15-23-28)35(2,43-31(39)27-20-12-6-13-21-27)33(45-34)42-30(38)26-18-10-5-11-19-26/h4-23,33H,24H2,1-3H3. The molecule has 0 saturated carbocycles. The van der Waals surface area contributed by atoms with E-state index in [1.165, 1.54) is 20.8 Å². The molecule has 4 unspecified atom stereocenters. The fourth-order valence-corrected chi connectivity index (χ4v) is 5.12. The highest BCUT2D eigenvalue weighted by Crippen LogP contribution is 2.52. The van der Waals surface area contributed by atoms with Crippen molar-refractivity contribution in [2.75, 3.05) is 6.61 Å². The summed E-state index contributed by atoms with van der Waals surface area (Å²) in [6, 6.07) is 32.9. The fraction of sp³-hybridized carbons (Fsp3) is 0.222. The molecule has 4 aromatic rings. The van der Waals surface area contributed by atoms with E-state index < -0.39 is 53.6 Å². The van der Waals surface area contributed by atoms with Gasteiger partial charge in [-0.2, -0.15) is 0 Å². The number of hydrogen-bond acceptors (Lipinski definition) is 9. The molecule has 4 aromatic carbocycles. The second kappa shape index (κ2) is 12.8. The molecule has 0 bridgehead atoms. The van der Waals surface area contributed by atoms with Crippen LogP contribution in [0.4, 0.5) is 0 Å². The summed E-state index contributed by atoms with van der Waals surface area (Å²) in [5.41, 5.74) is -4.64. The Balaban J connectivity index is 1.57. The maximum Gasteiger partial charge on any atom is 0.340 e. The van der Waals surface area contributed by atoms with Gasteiger partial charge in [0.05, 0.1) is 22.3 Å². The number of benzene rings is 4. The summed E-state index contributed by atoms with van der Waals surface area (Å²) in [6.07, 6.45) is -1.60. The third-order valence-corrected chi connectivity index (χ3v) is 8.11. The van der Waals surface area contributed by atoms with Gasteiger partial charge in [-0.25, -0.2) is 19.2 Å². The van der Waals surface area contributed by atoms with Crippen molar-refractivity contribution in [1.82, 2.24) is 0 Å². The summed E-state index contributed by atoms with van der Waals surface area (Å²) in [7, 11) is 0. The molecule has 230 valence electrons. The molecule has 0 aliphatic carbocycles. The van der Waals surface area contributed by atoms with Gasteiger partial charge in [0.1, 0.15) is 12.2 Å². The minimum absolute atomic E-state index is 0.202. The first-order valence-corrected chi connectivity index (χ1v) is 14.3. The summed E-state index contributed by atoms with van der Waals surface area (Å²) >= 11 is 0. The van der Waals surface area contributed by atoms with Crippen molar-refractivity contribution >= 4 is 23.9 Å². The van der Waals surface area contributed by atoms with Crippen molar-refractivity contribution in [3.8, 4) is 0 Å². The molecule has 9 heteroatoms. The molecule has 5 rings (SSSR count). The van der Waals surface area contributed by atoms with Crippen LogP contribution in [0.15, 0.2) is 121 Å². The van der Waals surface area contributed by atoms with Crippen LogP contribution in [0, 0.1) is 0 Å². The summed E-state index contributed by atoms with van der Waals surface area (Å²) in [5, 5.41) is 0. The highest BCUT2D eigenvalue weighted by molar-refractivity contribution is 5.92. The average molecular weight is 609 g/mol. The molecule has 0 N–H and O–H groups in total. The van der Waals surface area contributed by atoms with Gasteiger partial charge in [-0.1, -0.05) is 72.8 Å². The van der Waals surface area contributed by atoms with Crippen LogP contribution < -0.4 is 0 Å². The van der Waals surface area contributed by atoms with E-state index in [4.69, 9.17) is 23.7 Å². The Morgan fingerprint density at radius 3 is 1.38 bits per heavy atom. The summed E-state index contributed by atoms with van der Waals surface area (Å²) < 4.78 is 30.2. The normalized spacial score (nSPS) is 23.8. The molecule has 0 spiro atoms. The maximum atomic E-state index is 13.6. The minimum atomic E-state index is -1.96. The van der Waals surface area contributed by atoms with Crippen molar-refractivity contribution in [3.05, 3.63) is 144 Å². The fourth-order valence-electron chi connectivity index (χ4n) is 5.12. The first-order valence-electron chi connectivity index (χ1n) is 14.3. The van der Waals surface area contributed by atoms with Gasteiger partial charge in [-0.05, 0) is 69.3 Å². The van der Waals surface area contributed by atoms with E-state index in [9.17, 15) is 19.2 Å². The van der Waals surface area contributed by atoms with Crippen LogP contribution >= 0.6 is 0 Å². The lowest BCUT2D eigenvalue weighted by molar-refractivity contribution is -0.189. The van der Waals surface area contributed by atoms with Gasteiger partial charge in [0.25, 0.3) is 0 Å². The van der Waals surface area contributed by atoms with E-state index in [1.54, 1.807) is 121 Å². The number of ether oxygens (including phenoxy) is 5. The lowest BCUT2D eigenvalue weighted by Gasteiger charge is -2.44. The van der Waals surface area contributed by atoms with Gasteiger partial charge < -0.3 is 23.7 Å². The largest absolute Gasteiger partial charge is 0.459 e. The molecule has 45 heavy (non-hydrogen) atoms. The van der Waals surface area contributed by atoms with Crippen LogP contribution in [0.1, 0.15) is 62.2 Å². The smallest absolute Gasteiger partial charge is 0.340 e. The van der Waals surface area contributed by atoms with E-state index >= 15 is 0 Å². The molecule has 1 fully saturated rings. The van der Waals surface area contributed by atoms with Crippen molar-refractivity contribution in [2.24, 2.45) is 0 Å². The van der Waals surface area contributed by atoms with E-state index in [1.807, 2.05) is 0 Å². The van der Waals surface area contributed by atoms with Gasteiger partial charge >= 0.3 is 23.9 Å². The van der Waals surface area contributed by atoms with Gasteiger partial charge in [0.2, 0.25) is 11.9 Å². The molecule has 0 aromatic heterocycles. The molecule has 1 aliphatic heterocycles. The summed E-state index contributed by atoms with van der Waals surface area (Å²) in [4.78, 5) is 53.5. The van der Waals surface area contributed by atoms with Crippen LogP contribution in [0.5, 0.6) is 0 Å². The van der Waals surface area contributed by atoms with E-state index in [-0.39, 0.29) is 22.3 Å². The Morgan fingerprint density at radius 2 is 0.933 bits per heavy atom. The van der Waals surface area contributed by atoms with Crippen LogP contribution in [-0.2, 0) is 23.7 Å². The molecule has 1 heterocycles. The van der Waals surface area contributed by atoms with Gasteiger partial charge in [0, 0.05) is 0 Å². The summed E-state index contributed by atoms with van der Waals surface area (Å²) in [5.74, 6) is -2.98. The van der Waals surface area contributed by atoms with Crippen molar-refractivity contribution in [1.29, 1.82) is 0 Å². The van der Waals surface area contributed by atoms with Gasteiger partial charge in [-0.3, -0.25) is 0 Å². The van der Waals surface area contributed by atoms with Crippen LogP contribution in [-0.4, -0.2) is 53.6 Å². The maximum absolute atomic E-state index is 13.6. The summed E-state index contributed by atoms with van der Waals surface area (Å²) in [6.45, 7) is 4.03. The Morgan fingerprint density at radius 1 is 0.556 bits per heavy atom. The second-order valence-electron chi connectivity index (χ2n) is 11.0. The molecule has 4 atom stereocenters. The zero-order valence-electron chi connectivity index (χ0n) is 25.0.